The minimum absolute atomic E-state index is 0.0475. The summed E-state index contributed by atoms with van der Waals surface area (Å²) in [6.07, 6.45) is -4.42. The number of rotatable bonds is 6. The number of hydrogen-bond acceptors (Lipinski definition) is 7. The van der Waals surface area contributed by atoms with Gasteiger partial charge in [0.05, 0.1) is 29.8 Å². The summed E-state index contributed by atoms with van der Waals surface area (Å²) in [5.74, 6) is -4.02. The number of hydrogen-bond donors (Lipinski definition) is 4. The number of carboxylic acids is 2. The largest absolute Gasteiger partial charge is 0.481 e. The Labute approximate surface area is 220 Å². The first-order chi connectivity index (χ1) is 18.4. The van der Waals surface area contributed by atoms with Crippen molar-refractivity contribution < 1.29 is 46.5 Å². The summed E-state index contributed by atoms with van der Waals surface area (Å²) in [6, 6.07) is 5.20. The van der Waals surface area contributed by atoms with Gasteiger partial charge in [-0.2, -0.15) is 13.2 Å². The van der Waals surface area contributed by atoms with Crippen LogP contribution in [-0.4, -0.2) is 72.3 Å². The molecule has 2 aliphatic rings. The van der Waals surface area contributed by atoms with Gasteiger partial charge in [0.25, 0.3) is 0 Å². The summed E-state index contributed by atoms with van der Waals surface area (Å²) in [5, 5.41) is 22.1. The van der Waals surface area contributed by atoms with Crippen molar-refractivity contribution in [1.29, 1.82) is 0 Å². The van der Waals surface area contributed by atoms with Gasteiger partial charge in [0.2, 0.25) is 0 Å². The molecule has 1 atom stereocenters. The highest BCUT2D eigenvalue weighted by molar-refractivity contribution is 6.08. The van der Waals surface area contributed by atoms with Gasteiger partial charge in [0, 0.05) is 62.8 Å². The molecule has 0 aliphatic carbocycles. The van der Waals surface area contributed by atoms with E-state index >= 15 is 0 Å². The van der Waals surface area contributed by atoms with Crippen LogP contribution in [0.1, 0.15) is 30.4 Å². The van der Waals surface area contributed by atoms with Crippen LogP contribution in [0.5, 0.6) is 0 Å². The lowest BCUT2D eigenvalue weighted by Crippen LogP contribution is -2.53. The van der Waals surface area contributed by atoms with Crippen LogP contribution in [0, 0.1) is 11.6 Å². The van der Waals surface area contributed by atoms with Gasteiger partial charge < -0.3 is 30.5 Å². The lowest BCUT2D eigenvalue weighted by atomic mass is 10.0. The van der Waals surface area contributed by atoms with E-state index in [9.17, 15) is 31.5 Å². The zero-order valence-corrected chi connectivity index (χ0v) is 20.8. The Bertz CT molecular complexity index is 1220. The first-order valence-corrected chi connectivity index (χ1v) is 11.9. The molecule has 2 heterocycles. The molecule has 39 heavy (non-hydrogen) atoms. The number of aliphatic imine (C=N–C) groups is 1. The van der Waals surface area contributed by atoms with E-state index in [1.165, 1.54) is 6.07 Å². The molecular formula is C25H27F5N4O5. The fourth-order valence-corrected chi connectivity index (χ4v) is 3.99. The van der Waals surface area contributed by atoms with Crippen molar-refractivity contribution in [1.82, 2.24) is 10.2 Å². The topological polar surface area (TPSA) is 123 Å². The number of halogens is 5. The quantitative estimate of drug-likeness (QED) is 0.386. The third kappa shape index (κ3) is 8.10. The van der Waals surface area contributed by atoms with Crippen molar-refractivity contribution in [2.24, 2.45) is 4.99 Å². The summed E-state index contributed by atoms with van der Waals surface area (Å²) in [6.45, 7) is 2.11. The summed E-state index contributed by atoms with van der Waals surface area (Å²) >= 11 is 0. The van der Waals surface area contributed by atoms with E-state index in [0.29, 0.717) is 38.3 Å². The highest BCUT2D eigenvalue weighted by Crippen LogP contribution is 2.39. The van der Waals surface area contributed by atoms with Gasteiger partial charge in [-0.05, 0) is 24.6 Å². The number of nitrogens with one attached hydrogen (secondary N) is 2. The Morgan fingerprint density at radius 3 is 2.36 bits per heavy atom. The molecule has 0 amide bonds. The molecule has 212 valence electrons. The summed E-state index contributed by atoms with van der Waals surface area (Å²) < 4.78 is 73.0. The van der Waals surface area contributed by atoms with Crippen molar-refractivity contribution in [2.75, 3.05) is 38.7 Å². The number of benzene rings is 2. The van der Waals surface area contributed by atoms with Crippen molar-refractivity contribution in [3.63, 3.8) is 0 Å². The molecule has 4 rings (SSSR count). The monoisotopic (exact) mass is 558 g/mol. The van der Waals surface area contributed by atoms with Crippen LogP contribution in [-0.2, 0) is 20.5 Å². The molecule has 0 unspecified atom stereocenters. The van der Waals surface area contributed by atoms with Crippen LogP contribution >= 0.6 is 0 Å². The van der Waals surface area contributed by atoms with Gasteiger partial charge in [-0.15, -0.1) is 0 Å². The number of carboxylic acid groups (broad SMARTS) is 2. The summed E-state index contributed by atoms with van der Waals surface area (Å²) in [5.41, 5.74) is 0.0319. The average molecular weight is 559 g/mol. The van der Waals surface area contributed by atoms with Crippen LogP contribution in [0.2, 0.25) is 0 Å². The number of alkyl halides is 3. The van der Waals surface area contributed by atoms with Crippen LogP contribution in [0.15, 0.2) is 35.3 Å². The van der Waals surface area contributed by atoms with Gasteiger partial charge in [-0.25, -0.2) is 13.8 Å². The number of piperazine rings is 1. The standard InChI is InChI=1S/C21H21F5N4O.C4H6O4/c1-31-7-4-13-11-30(6-5-27-13)20-14-8-12(21(24,25)26)2-3-17(14)28-18-9-15(22)16(23)10-19(18)29-20;5-3(6)1-2-4(7)8/h2-3,8-10,13,27-28H,4-7,11H2,1H3;1-2H2,(H,5,6)(H,7,8)/t13-;/m0./s1. The predicted octanol–water partition coefficient (Wildman–Crippen LogP) is 4.37. The molecule has 0 saturated carbocycles. The molecule has 4 N–H and O–H groups in total. The predicted molar refractivity (Wildman–Crippen MR) is 132 cm³/mol. The van der Waals surface area contributed by atoms with Crippen molar-refractivity contribution in [3.8, 4) is 0 Å². The van der Waals surface area contributed by atoms with Crippen molar-refractivity contribution in [3.05, 3.63) is 53.1 Å². The lowest BCUT2D eigenvalue weighted by Gasteiger charge is -2.36. The Morgan fingerprint density at radius 1 is 1.08 bits per heavy atom. The highest BCUT2D eigenvalue weighted by Gasteiger charge is 2.33. The number of anilines is 2. The van der Waals surface area contributed by atoms with E-state index in [4.69, 9.17) is 14.9 Å². The molecule has 0 aromatic heterocycles. The fraction of sp³-hybridized carbons (Fsp3) is 0.400. The zero-order chi connectivity index (χ0) is 28.7. The minimum Gasteiger partial charge on any atom is -0.481 e. The third-order valence-corrected chi connectivity index (χ3v) is 5.90. The van der Waals surface area contributed by atoms with Gasteiger partial charge in [0.15, 0.2) is 11.6 Å². The second kappa shape index (κ2) is 12.8. The molecule has 2 aromatic carbocycles. The smallest absolute Gasteiger partial charge is 0.416 e. The second-order valence-corrected chi connectivity index (χ2v) is 8.77. The molecule has 14 heteroatoms. The Balaban J connectivity index is 0.000000459. The number of ether oxygens (including phenoxy) is 1. The van der Waals surface area contributed by atoms with Gasteiger partial charge in [-0.3, -0.25) is 9.59 Å². The van der Waals surface area contributed by atoms with Gasteiger partial charge in [-0.1, -0.05) is 0 Å². The molecule has 0 bridgehead atoms. The van der Waals surface area contributed by atoms with E-state index in [1.807, 2.05) is 4.90 Å². The molecule has 1 fully saturated rings. The maximum Gasteiger partial charge on any atom is 0.416 e. The minimum atomic E-state index is -4.54. The van der Waals surface area contributed by atoms with E-state index < -0.39 is 35.3 Å². The van der Waals surface area contributed by atoms with E-state index in [2.05, 4.69) is 15.6 Å². The molecule has 0 radical (unpaired) electrons. The number of amidine groups is 1. The number of carbonyl (C=O) groups is 2. The van der Waals surface area contributed by atoms with Crippen molar-refractivity contribution in [2.45, 2.75) is 31.5 Å². The second-order valence-electron chi connectivity index (χ2n) is 8.77. The van der Waals surface area contributed by atoms with Crippen LogP contribution in [0.25, 0.3) is 0 Å². The fourth-order valence-electron chi connectivity index (χ4n) is 3.99. The Hall–Kier alpha value is -3.78. The number of methoxy groups -OCH3 is 1. The maximum atomic E-state index is 13.9. The summed E-state index contributed by atoms with van der Waals surface area (Å²) in [7, 11) is 1.60. The van der Waals surface area contributed by atoms with Crippen LogP contribution < -0.4 is 10.6 Å². The first kappa shape index (κ1) is 29.8. The molecule has 2 aromatic rings. The maximum absolute atomic E-state index is 13.9. The summed E-state index contributed by atoms with van der Waals surface area (Å²) in [4.78, 5) is 25.6. The molecule has 1 saturated heterocycles. The third-order valence-electron chi connectivity index (χ3n) is 5.90. The Kier molecular flexibility index (Phi) is 9.81. The van der Waals surface area contributed by atoms with Crippen LogP contribution in [0.4, 0.5) is 39.0 Å². The lowest BCUT2D eigenvalue weighted by molar-refractivity contribution is -0.143. The van der Waals surface area contributed by atoms with Crippen LogP contribution in [0.3, 0.4) is 0 Å². The average Bonchev–Trinajstić information content (AvgIpc) is 3.02. The SMILES string of the molecule is COCC[C@H]1CN(C2=Nc3cc(F)c(F)cc3Nc3ccc(C(F)(F)F)cc32)CCN1.O=C(O)CCC(=O)O. The normalized spacial score (nSPS) is 16.5. The molecule has 9 nitrogen and oxygen atoms in total. The molecular weight excluding hydrogens is 531 g/mol. The van der Waals surface area contributed by atoms with Gasteiger partial charge >= 0.3 is 18.1 Å². The van der Waals surface area contributed by atoms with Gasteiger partial charge in [0.1, 0.15) is 5.84 Å². The first-order valence-electron chi connectivity index (χ1n) is 11.9. The Morgan fingerprint density at radius 2 is 1.74 bits per heavy atom. The van der Waals surface area contributed by atoms with E-state index in [1.54, 1.807) is 7.11 Å². The van der Waals surface area contributed by atoms with E-state index in [0.717, 1.165) is 24.3 Å². The number of nitrogens with zero attached hydrogens (tertiary/aromatic N) is 2. The molecule has 0 spiro atoms. The zero-order valence-electron chi connectivity index (χ0n) is 20.8. The number of aliphatic carboxylic acids is 2. The van der Waals surface area contributed by atoms with E-state index in [-0.39, 0.29) is 41.7 Å². The molecule has 2 aliphatic heterocycles. The highest BCUT2D eigenvalue weighted by atomic mass is 19.4. The number of fused-ring (bicyclic) bond motifs is 2. The van der Waals surface area contributed by atoms with Crippen molar-refractivity contribution >= 4 is 34.8 Å².